The number of hydrogen-bond donors (Lipinski definition) is 2. The van der Waals surface area contributed by atoms with E-state index in [2.05, 4.69) is 10.2 Å². The van der Waals surface area contributed by atoms with Crippen molar-refractivity contribution in [3.8, 4) is 5.75 Å². The molecule has 0 spiro atoms. The Bertz CT molecular complexity index is 735. The fraction of sp³-hybridized carbons (Fsp3) is 0.350. The fourth-order valence-corrected chi connectivity index (χ4v) is 3.04. The van der Waals surface area contributed by atoms with Crippen LogP contribution in [0.2, 0.25) is 0 Å². The maximum absolute atomic E-state index is 12.4. The second-order valence-corrected chi connectivity index (χ2v) is 6.61. The number of rotatable bonds is 5. The van der Waals surface area contributed by atoms with Gasteiger partial charge in [0, 0.05) is 24.3 Å². The minimum atomic E-state index is -0.163. The number of nitrogens with one attached hydrogen (secondary N) is 1. The second kappa shape index (κ2) is 7.47. The smallest absolute Gasteiger partial charge is 0.255 e. The number of benzene rings is 2. The van der Waals surface area contributed by atoms with E-state index in [0.29, 0.717) is 16.9 Å². The van der Waals surface area contributed by atoms with E-state index in [-0.39, 0.29) is 12.0 Å². The molecule has 0 bridgehead atoms. The summed E-state index contributed by atoms with van der Waals surface area (Å²) in [5, 5.41) is 2.90. The lowest BCUT2D eigenvalue weighted by Crippen LogP contribution is -2.19. The van der Waals surface area contributed by atoms with Crippen molar-refractivity contribution in [2.75, 3.05) is 29.0 Å². The molecule has 0 radical (unpaired) electrons. The Morgan fingerprint density at radius 3 is 2.40 bits per heavy atom. The maximum Gasteiger partial charge on any atom is 0.255 e. The highest BCUT2D eigenvalue weighted by atomic mass is 16.5. The van der Waals surface area contributed by atoms with Crippen LogP contribution in [-0.2, 0) is 0 Å². The lowest BCUT2D eigenvalue weighted by Gasteiger charge is -2.20. The molecular weight excluding hydrogens is 314 g/mol. The molecule has 5 nitrogen and oxygen atoms in total. The van der Waals surface area contributed by atoms with Gasteiger partial charge in [0.2, 0.25) is 0 Å². The van der Waals surface area contributed by atoms with Crippen molar-refractivity contribution in [3.05, 3.63) is 48.0 Å². The fourth-order valence-electron chi connectivity index (χ4n) is 3.04. The highest BCUT2D eigenvalue weighted by molar-refractivity contribution is 6.04. The van der Waals surface area contributed by atoms with Crippen LogP contribution in [0.5, 0.6) is 5.75 Å². The summed E-state index contributed by atoms with van der Waals surface area (Å²) >= 11 is 0. The molecule has 3 rings (SSSR count). The minimum Gasteiger partial charge on any atom is -0.491 e. The van der Waals surface area contributed by atoms with E-state index in [1.807, 2.05) is 32.0 Å². The van der Waals surface area contributed by atoms with Crippen LogP contribution >= 0.6 is 0 Å². The van der Waals surface area contributed by atoms with Gasteiger partial charge in [0.05, 0.1) is 17.5 Å². The quantitative estimate of drug-likeness (QED) is 0.811. The van der Waals surface area contributed by atoms with Gasteiger partial charge in [0.15, 0.2) is 0 Å². The van der Waals surface area contributed by atoms with E-state index in [9.17, 15) is 4.79 Å². The molecule has 132 valence electrons. The molecule has 2 aromatic carbocycles. The van der Waals surface area contributed by atoms with Gasteiger partial charge in [-0.1, -0.05) is 0 Å². The van der Waals surface area contributed by atoms with E-state index in [4.69, 9.17) is 10.5 Å². The van der Waals surface area contributed by atoms with E-state index in [0.717, 1.165) is 24.5 Å². The standard InChI is InChI=1S/C20H25N3O2/c1-14(2)25-17-8-5-15(6-9-17)20(24)22-16-7-10-19(18(21)13-16)23-11-3-4-12-23/h5-10,13-14H,3-4,11-12,21H2,1-2H3,(H,22,24). The highest BCUT2D eigenvalue weighted by Gasteiger charge is 2.15. The Morgan fingerprint density at radius 2 is 1.80 bits per heavy atom. The van der Waals surface area contributed by atoms with Gasteiger partial charge < -0.3 is 20.7 Å². The SMILES string of the molecule is CC(C)Oc1ccc(C(=O)Nc2ccc(N3CCCC3)c(N)c2)cc1. The van der Waals surface area contributed by atoms with Crippen molar-refractivity contribution in [2.24, 2.45) is 0 Å². The van der Waals surface area contributed by atoms with E-state index in [1.54, 1.807) is 24.3 Å². The zero-order valence-corrected chi connectivity index (χ0v) is 14.8. The zero-order chi connectivity index (χ0) is 17.8. The van der Waals surface area contributed by atoms with Gasteiger partial charge in [-0.25, -0.2) is 0 Å². The molecule has 0 aromatic heterocycles. The summed E-state index contributed by atoms with van der Waals surface area (Å²) in [5.74, 6) is 0.593. The minimum absolute atomic E-state index is 0.108. The summed E-state index contributed by atoms with van der Waals surface area (Å²) in [6.07, 6.45) is 2.51. The van der Waals surface area contributed by atoms with Crippen LogP contribution in [0.15, 0.2) is 42.5 Å². The lowest BCUT2D eigenvalue weighted by atomic mass is 10.2. The first kappa shape index (κ1) is 17.1. The summed E-state index contributed by atoms with van der Waals surface area (Å²) in [4.78, 5) is 14.7. The number of hydrogen-bond acceptors (Lipinski definition) is 4. The lowest BCUT2D eigenvalue weighted by molar-refractivity contribution is 0.102. The first-order valence-electron chi connectivity index (χ1n) is 8.75. The third-order valence-electron chi connectivity index (χ3n) is 4.22. The second-order valence-electron chi connectivity index (χ2n) is 6.61. The zero-order valence-electron chi connectivity index (χ0n) is 14.8. The Hall–Kier alpha value is -2.69. The maximum atomic E-state index is 12.4. The van der Waals surface area contributed by atoms with Gasteiger partial charge in [-0.3, -0.25) is 4.79 Å². The molecule has 3 N–H and O–H groups in total. The number of carbonyl (C=O) groups is 1. The van der Waals surface area contributed by atoms with Gasteiger partial charge in [-0.05, 0) is 69.2 Å². The average Bonchev–Trinajstić information content (AvgIpc) is 3.09. The Labute approximate surface area is 148 Å². The first-order chi connectivity index (χ1) is 12.0. The third kappa shape index (κ3) is 4.24. The summed E-state index contributed by atoms with van der Waals surface area (Å²) in [6, 6.07) is 12.8. The van der Waals surface area contributed by atoms with E-state index in [1.165, 1.54) is 12.8 Å². The number of anilines is 3. The van der Waals surface area contributed by atoms with E-state index >= 15 is 0 Å². The molecule has 1 heterocycles. The molecule has 0 atom stereocenters. The molecular formula is C20H25N3O2. The summed E-state index contributed by atoms with van der Waals surface area (Å²) in [5.41, 5.74) is 9.20. The highest BCUT2D eigenvalue weighted by Crippen LogP contribution is 2.29. The van der Waals surface area contributed by atoms with Crippen molar-refractivity contribution in [2.45, 2.75) is 32.8 Å². The van der Waals surface area contributed by atoms with Gasteiger partial charge in [-0.2, -0.15) is 0 Å². The molecule has 5 heteroatoms. The van der Waals surface area contributed by atoms with Crippen LogP contribution < -0.4 is 20.7 Å². The first-order valence-corrected chi connectivity index (χ1v) is 8.75. The normalized spacial score (nSPS) is 14.0. The monoisotopic (exact) mass is 339 g/mol. The number of nitrogens with zero attached hydrogens (tertiary/aromatic N) is 1. The molecule has 2 aromatic rings. The van der Waals surface area contributed by atoms with Crippen LogP contribution in [0, 0.1) is 0 Å². The predicted octanol–water partition coefficient (Wildman–Crippen LogP) is 3.91. The van der Waals surface area contributed by atoms with Crippen LogP contribution in [0.1, 0.15) is 37.0 Å². The topological polar surface area (TPSA) is 67.6 Å². The van der Waals surface area contributed by atoms with Crippen molar-refractivity contribution >= 4 is 23.0 Å². The molecule has 1 aliphatic rings. The molecule has 0 saturated carbocycles. The number of nitrogens with two attached hydrogens (primary N) is 1. The molecule has 0 aliphatic carbocycles. The van der Waals surface area contributed by atoms with Crippen LogP contribution in [0.3, 0.4) is 0 Å². The van der Waals surface area contributed by atoms with Gasteiger partial charge in [0.1, 0.15) is 5.75 Å². The van der Waals surface area contributed by atoms with Crippen LogP contribution in [0.25, 0.3) is 0 Å². The average molecular weight is 339 g/mol. The van der Waals surface area contributed by atoms with Crippen LogP contribution in [-0.4, -0.2) is 25.1 Å². The predicted molar refractivity (Wildman–Crippen MR) is 102 cm³/mol. The Morgan fingerprint density at radius 1 is 1.12 bits per heavy atom. The van der Waals surface area contributed by atoms with Crippen molar-refractivity contribution < 1.29 is 9.53 Å². The number of amides is 1. The molecule has 1 saturated heterocycles. The third-order valence-corrected chi connectivity index (χ3v) is 4.22. The van der Waals surface area contributed by atoms with Gasteiger partial charge >= 0.3 is 0 Å². The van der Waals surface area contributed by atoms with Gasteiger partial charge in [-0.15, -0.1) is 0 Å². The Balaban J connectivity index is 1.67. The summed E-state index contributed by atoms with van der Waals surface area (Å²) < 4.78 is 5.59. The van der Waals surface area contributed by atoms with Crippen LogP contribution in [0.4, 0.5) is 17.1 Å². The van der Waals surface area contributed by atoms with Crippen molar-refractivity contribution in [1.82, 2.24) is 0 Å². The largest absolute Gasteiger partial charge is 0.491 e. The van der Waals surface area contributed by atoms with Crippen molar-refractivity contribution in [3.63, 3.8) is 0 Å². The molecule has 25 heavy (non-hydrogen) atoms. The summed E-state index contributed by atoms with van der Waals surface area (Å²) in [7, 11) is 0. The number of ether oxygens (including phenoxy) is 1. The molecule has 1 aliphatic heterocycles. The van der Waals surface area contributed by atoms with E-state index < -0.39 is 0 Å². The van der Waals surface area contributed by atoms with Crippen molar-refractivity contribution in [1.29, 1.82) is 0 Å². The van der Waals surface area contributed by atoms with Gasteiger partial charge in [0.25, 0.3) is 5.91 Å². The molecule has 0 unspecified atom stereocenters. The molecule has 1 amide bonds. The Kier molecular flexibility index (Phi) is 5.12. The number of carbonyl (C=O) groups excluding carboxylic acids is 1. The molecule has 1 fully saturated rings. The number of nitrogen functional groups attached to an aromatic ring is 1. The summed E-state index contributed by atoms with van der Waals surface area (Å²) in [6.45, 7) is 6.02.